The van der Waals surface area contributed by atoms with Crippen molar-refractivity contribution in [1.29, 1.82) is 0 Å². The van der Waals surface area contributed by atoms with E-state index in [0.717, 1.165) is 0 Å². The lowest BCUT2D eigenvalue weighted by Crippen LogP contribution is -1.99. The van der Waals surface area contributed by atoms with Crippen LogP contribution in [0.25, 0.3) is 11.3 Å². The van der Waals surface area contributed by atoms with Gasteiger partial charge in [0.15, 0.2) is 5.69 Å². The number of hydrogen-bond donors (Lipinski definition) is 1. The maximum atomic E-state index is 13.3. The zero-order valence-electron chi connectivity index (χ0n) is 7.35. The second kappa shape index (κ2) is 3.49. The van der Waals surface area contributed by atoms with Gasteiger partial charge < -0.3 is 5.11 Å². The van der Waals surface area contributed by atoms with Crippen molar-refractivity contribution in [2.45, 2.75) is 0 Å². The number of carboxylic acids is 1. The van der Waals surface area contributed by atoms with Gasteiger partial charge in [-0.25, -0.2) is 13.8 Å². The molecule has 1 heterocycles. The number of benzene rings is 1. The van der Waals surface area contributed by atoms with Crippen molar-refractivity contribution < 1.29 is 18.9 Å². The molecule has 5 nitrogen and oxygen atoms in total. The van der Waals surface area contributed by atoms with Crippen LogP contribution in [0.3, 0.4) is 0 Å². The smallest absolute Gasteiger partial charge is 0.360 e. The molecule has 2 aromatic rings. The molecule has 2 rings (SSSR count). The summed E-state index contributed by atoms with van der Waals surface area (Å²) in [5, 5.41) is 15.3. The summed E-state index contributed by atoms with van der Waals surface area (Å²) in [6, 6.07) is 5.67. The van der Waals surface area contributed by atoms with Crippen molar-refractivity contribution in [1.82, 2.24) is 10.3 Å². The van der Waals surface area contributed by atoms with Gasteiger partial charge in [-0.2, -0.15) is 0 Å². The van der Waals surface area contributed by atoms with Gasteiger partial charge in [-0.15, -0.1) is 0 Å². The van der Waals surface area contributed by atoms with Crippen molar-refractivity contribution >= 4 is 5.97 Å². The Kier molecular flexibility index (Phi) is 2.17. The molecule has 0 saturated carbocycles. The van der Waals surface area contributed by atoms with Crippen LogP contribution in [0.15, 0.2) is 28.9 Å². The number of carbonyl (C=O) groups is 1. The number of nitrogens with zero attached hydrogens (tertiary/aromatic N) is 2. The van der Waals surface area contributed by atoms with Crippen molar-refractivity contribution in [3.63, 3.8) is 0 Å². The van der Waals surface area contributed by atoms with Gasteiger partial charge in [0.2, 0.25) is 5.69 Å². The summed E-state index contributed by atoms with van der Waals surface area (Å²) in [5.74, 6) is -1.88. The fraction of sp³-hybridized carbons (Fsp3) is 0. The number of aromatic carboxylic acids is 1. The van der Waals surface area contributed by atoms with Gasteiger partial charge in [0.1, 0.15) is 5.82 Å². The second-order valence-corrected chi connectivity index (χ2v) is 2.75. The normalized spacial score (nSPS) is 10.2. The molecule has 76 valence electrons. The maximum absolute atomic E-state index is 13.3. The lowest BCUT2D eigenvalue weighted by Gasteiger charge is -1.97. The fourth-order valence-corrected chi connectivity index (χ4v) is 1.16. The largest absolute Gasteiger partial charge is 0.476 e. The Balaban J connectivity index is 2.59. The standard InChI is InChI=1S/C9H5FN2O3/c10-6-4-2-1-3-5(6)7-8(9(13)14)12-15-11-7/h1-4H,(H,13,14). The average molecular weight is 208 g/mol. The summed E-state index contributed by atoms with van der Waals surface area (Å²) in [6.45, 7) is 0. The van der Waals surface area contributed by atoms with Gasteiger partial charge >= 0.3 is 5.97 Å². The molecule has 0 aliphatic carbocycles. The minimum atomic E-state index is -1.31. The Bertz CT molecular complexity index is 510. The van der Waals surface area contributed by atoms with Gasteiger partial charge in [-0.1, -0.05) is 12.1 Å². The maximum Gasteiger partial charge on any atom is 0.360 e. The van der Waals surface area contributed by atoms with Gasteiger partial charge in [-0.05, 0) is 22.4 Å². The highest BCUT2D eigenvalue weighted by atomic mass is 19.1. The first-order valence-corrected chi connectivity index (χ1v) is 4.01. The zero-order chi connectivity index (χ0) is 10.8. The van der Waals surface area contributed by atoms with Crippen LogP contribution in [0.1, 0.15) is 10.5 Å². The molecule has 0 amide bonds. The summed E-state index contributed by atoms with van der Waals surface area (Å²) in [6.07, 6.45) is 0. The van der Waals surface area contributed by atoms with Crippen LogP contribution in [0, 0.1) is 5.82 Å². The van der Waals surface area contributed by atoms with Gasteiger partial charge in [0.05, 0.1) is 0 Å². The average Bonchev–Trinajstić information content (AvgIpc) is 2.67. The number of rotatable bonds is 2. The van der Waals surface area contributed by atoms with E-state index in [1.54, 1.807) is 6.07 Å². The highest BCUT2D eigenvalue weighted by Crippen LogP contribution is 2.22. The molecule has 15 heavy (non-hydrogen) atoms. The summed E-state index contributed by atoms with van der Waals surface area (Å²) >= 11 is 0. The Labute approximate surface area is 83.1 Å². The quantitative estimate of drug-likeness (QED) is 0.810. The van der Waals surface area contributed by atoms with Crippen LogP contribution < -0.4 is 0 Å². The molecule has 1 N–H and O–H groups in total. The Morgan fingerprint density at radius 3 is 2.73 bits per heavy atom. The van der Waals surface area contributed by atoms with Gasteiger partial charge in [0, 0.05) is 5.56 Å². The molecule has 0 bridgehead atoms. The first-order chi connectivity index (χ1) is 7.20. The monoisotopic (exact) mass is 208 g/mol. The van der Waals surface area contributed by atoms with E-state index < -0.39 is 17.5 Å². The summed E-state index contributed by atoms with van der Waals surface area (Å²) in [4.78, 5) is 10.7. The lowest BCUT2D eigenvalue weighted by molar-refractivity contribution is 0.0685. The number of halogens is 1. The lowest BCUT2D eigenvalue weighted by atomic mass is 10.1. The Hall–Kier alpha value is -2.24. The highest BCUT2D eigenvalue weighted by molar-refractivity contribution is 5.92. The van der Waals surface area contributed by atoms with E-state index in [-0.39, 0.29) is 11.3 Å². The predicted octanol–water partition coefficient (Wildman–Crippen LogP) is 1.57. The molecule has 0 spiro atoms. The van der Waals surface area contributed by atoms with Crippen molar-refractivity contribution in [2.24, 2.45) is 0 Å². The molecule has 1 aromatic carbocycles. The van der Waals surface area contributed by atoms with E-state index >= 15 is 0 Å². The fourth-order valence-electron chi connectivity index (χ4n) is 1.16. The first-order valence-electron chi connectivity index (χ1n) is 4.01. The molecule has 0 atom stereocenters. The molecule has 6 heteroatoms. The Morgan fingerprint density at radius 1 is 1.33 bits per heavy atom. The molecule has 0 radical (unpaired) electrons. The van der Waals surface area contributed by atoms with E-state index in [2.05, 4.69) is 14.9 Å². The first kappa shape index (κ1) is 9.32. The summed E-state index contributed by atoms with van der Waals surface area (Å²) in [5.41, 5.74) is -0.461. The van der Waals surface area contributed by atoms with Crippen LogP contribution in [-0.4, -0.2) is 21.4 Å². The molecule has 0 fully saturated rings. The van der Waals surface area contributed by atoms with Crippen LogP contribution in [-0.2, 0) is 0 Å². The molecule has 0 unspecified atom stereocenters. The molecule has 0 saturated heterocycles. The minimum Gasteiger partial charge on any atom is -0.476 e. The van der Waals surface area contributed by atoms with E-state index in [9.17, 15) is 9.18 Å². The van der Waals surface area contributed by atoms with Crippen LogP contribution >= 0.6 is 0 Å². The molecular formula is C9H5FN2O3. The number of hydrogen-bond acceptors (Lipinski definition) is 4. The van der Waals surface area contributed by atoms with E-state index in [4.69, 9.17) is 5.11 Å². The van der Waals surface area contributed by atoms with E-state index in [1.807, 2.05) is 0 Å². The van der Waals surface area contributed by atoms with Crippen LogP contribution in [0.4, 0.5) is 4.39 Å². The van der Waals surface area contributed by atoms with Gasteiger partial charge in [0.25, 0.3) is 0 Å². The number of aromatic nitrogens is 2. The zero-order valence-corrected chi connectivity index (χ0v) is 7.35. The van der Waals surface area contributed by atoms with E-state index in [0.29, 0.717) is 0 Å². The van der Waals surface area contributed by atoms with Crippen molar-refractivity contribution in [2.75, 3.05) is 0 Å². The highest BCUT2D eigenvalue weighted by Gasteiger charge is 2.20. The molecule has 0 aliphatic heterocycles. The SMILES string of the molecule is O=C(O)c1nonc1-c1ccccc1F. The third kappa shape index (κ3) is 1.56. The van der Waals surface area contributed by atoms with Crippen LogP contribution in [0.5, 0.6) is 0 Å². The third-order valence-corrected chi connectivity index (χ3v) is 1.82. The Morgan fingerprint density at radius 2 is 2.07 bits per heavy atom. The van der Waals surface area contributed by atoms with Crippen LogP contribution in [0.2, 0.25) is 0 Å². The summed E-state index contributed by atoms with van der Waals surface area (Å²) in [7, 11) is 0. The minimum absolute atomic E-state index is 0.0520. The predicted molar refractivity (Wildman–Crippen MR) is 46.7 cm³/mol. The summed E-state index contributed by atoms with van der Waals surface area (Å²) < 4.78 is 17.6. The van der Waals surface area contributed by atoms with Crippen molar-refractivity contribution in [3.05, 3.63) is 35.8 Å². The second-order valence-electron chi connectivity index (χ2n) is 2.75. The topological polar surface area (TPSA) is 76.2 Å². The number of carboxylic acid groups (broad SMARTS) is 1. The molecule has 0 aliphatic rings. The third-order valence-electron chi connectivity index (χ3n) is 1.82. The molecule has 1 aromatic heterocycles. The van der Waals surface area contributed by atoms with Crippen molar-refractivity contribution in [3.8, 4) is 11.3 Å². The van der Waals surface area contributed by atoms with Gasteiger partial charge in [-0.3, -0.25) is 0 Å². The molecular weight excluding hydrogens is 203 g/mol. The van der Waals surface area contributed by atoms with E-state index in [1.165, 1.54) is 18.2 Å².